The SMILES string of the molecule is C=C1CCc2c1ccc([C@@H]1CN(C/C(C=N)=C/Nc3ccnc(C(F)F)c3)CCN1)c2C. The third-order valence-electron chi connectivity index (χ3n) is 6.35. The minimum atomic E-state index is -2.61. The number of hydrogen-bond donors (Lipinski definition) is 3. The molecule has 2 heterocycles. The van der Waals surface area contributed by atoms with Crippen molar-refractivity contribution in [2.75, 3.05) is 31.5 Å². The predicted molar refractivity (Wildman–Crippen MR) is 125 cm³/mol. The van der Waals surface area contributed by atoms with Gasteiger partial charge in [-0.3, -0.25) is 9.88 Å². The number of alkyl halides is 2. The summed E-state index contributed by atoms with van der Waals surface area (Å²) in [6.45, 7) is 9.61. The van der Waals surface area contributed by atoms with Crippen LogP contribution in [0.25, 0.3) is 5.57 Å². The van der Waals surface area contributed by atoms with Crippen molar-refractivity contribution in [2.24, 2.45) is 0 Å². The summed E-state index contributed by atoms with van der Waals surface area (Å²) < 4.78 is 25.7. The van der Waals surface area contributed by atoms with Crippen LogP contribution in [0.15, 0.2) is 48.8 Å². The Labute approximate surface area is 187 Å². The van der Waals surface area contributed by atoms with Crippen LogP contribution in [-0.4, -0.2) is 42.3 Å². The molecule has 2 aromatic rings. The van der Waals surface area contributed by atoms with Crippen molar-refractivity contribution >= 4 is 17.5 Å². The normalized spacial score (nSPS) is 19.3. The maximum absolute atomic E-state index is 12.9. The molecule has 0 bridgehead atoms. The van der Waals surface area contributed by atoms with Crippen LogP contribution in [0.4, 0.5) is 14.5 Å². The van der Waals surface area contributed by atoms with E-state index >= 15 is 0 Å². The van der Waals surface area contributed by atoms with Gasteiger partial charge in [0.15, 0.2) is 0 Å². The number of rotatable bonds is 7. The van der Waals surface area contributed by atoms with E-state index in [-0.39, 0.29) is 11.7 Å². The fourth-order valence-electron chi connectivity index (χ4n) is 4.60. The molecular weight excluding hydrogens is 408 g/mol. The van der Waals surface area contributed by atoms with Crippen molar-refractivity contribution in [3.8, 4) is 0 Å². The Morgan fingerprint density at radius 2 is 2.22 bits per heavy atom. The molecule has 1 aromatic carbocycles. The number of allylic oxidation sites excluding steroid dienone is 1. The summed E-state index contributed by atoms with van der Waals surface area (Å²) in [5, 5.41) is 14.5. The highest BCUT2D eigenvalue weighted by Crippen LogP contribution is 2.36. The smallest absolute Gasteiger partial charge is 0.280 e. The lowest BCUT2D eigenvalue weighted by Gasteiger charge is -2.35. The fourth-order valence-corrected chi connectivity index (χ4v) is 4.60. The molecule has 4 rings (SSSR count). The molecule has 32 heavy (non-hydrogen) atoms. The third kappa shape index (κ3) is 4.79. The van der Waals surface area contributed by atoms with Crippen LogP contribution in [0.2, 0.25) is 0 Å². The van der Waals surface area contributed by atoms with Crippen LogP contribution < -0.4 is 10.6 Å². The molecule has 0 unspecified atom stereocenters. The van der Waals surface area contributed by atoms with E-state index in [9.17, 15) is 8.78 Å². The average molecular weight is 438 g/mol. The van der Waals surface area contributed by atoms with Gasteiger partial charge in [0, 0.05) is 56.5 Å². The second kappa shape index (κ2) is 9.71. The van der Waals surface area contributed by atoms with E-state index in [0.29, 0.717) is 12.2 Å². The van der Waals surface area contributed by atoms with E-state index in [1.807, 2.05) is 0 Å². The second-order valence-electron chi connectivity index (χ2n) is 8.43. The van der Waals surface area contributed by atoms with Crippen molar-refractivity contribution < 1.29 is 8.78 Å². The minimum Gasteiger partial charge on any atom is -0.361 e. The Balaban J connectivity index is 1.43. The predicted octanol–water partition coefficient (Wildman–Crippen LogP) is 4.88. The Morgan fingerprint density at radius 1 is 1.38 bits per heavy atom. The fraction of sp³-hybridized carbons (Fsp3) is 0.360. The maximum Gasteiger partial charge on any atom is 0.280 e. The van der Waals surface area contributed by atoms with Gasteiger partial charge in [0.05, 0.1) is 0 Å². The van der Waals surface area contributed by atoms with Crippen LogP contribution in [-0.2, 0) is 6.42 Å². The zero-order chi connectivity index (χ0) is 22.7. The van der Waals surface area contributed by atoms with Gasteiger partial charge in [-0.25, -0.2) is 8.78 Å². The van der Waals surface area contributed by atoms with Crippen LogP contribution in [0.1, 0.15) is 46.8 Å². The number of fused-ring (bicyclic) bond motifs is 1. The van der Waals surface area contributed by atoms with Gasteiger partial charge in [0.1, 0.15) is 5.69 Å². The first-order valence-electron chi connectivity index (χ1n) is 10.9. The summed E-state index contributed by atoms with van der Waals surface area (Å²) in [7, 11) is 0. The largest absolute Gasteiger partial charge is 0.361 e. The van der Waals surface area contributed by atoms with Crippen LogP contribution in [0.3, 0.4) is 0 Å². The number of piperazine rings is 1. The molecule has 1 aliphatic heterocycles. The van der Waals surface area contributed by atoms with Gasteiger partial charge >= 0.3 is 0 Å². The summed E-state index contributed by atoms with van der Waals surface area (Å²) in [6, 6.07) is 7.63. The van der Waals surface area contributed by atoms with Crippen LogP contribution in [0.5, 0.6) is 0 Å². The quantitative estimate of drug-likeness (QED) is 0.541. The molecule has 3 N–H and O–H groups in total. The molecule has 1 aliphatic carbocycles. The van der Waals surface area contributed by atoms with Crippen LogP contribution >= 0.6 is 0 Å². The zero-order valence-electron chi connectivity index (χ0n) is 18.3. The number of benzene rings is 1. The lowest BCUT2D eigenvalue weighted by atomic mass is 9.92. The molecule has 1 saturated heterocycles. The molecule has 2 aliphatic rings. The summed E-state index contributed by atoms with van der Waals surface area (Å²) in [5.41, 5.74) is 7.71. The molecular formula is C25H29F2N5. The average Bonchev–Trinajstić information content (AvgIpc) is 3.19. The van der Waals surface area contributed by atoms with E-state index in [1.54, 1.807) is 12.3 Å². The standard InChI is InChI=1S/C25H29F2N5/c1-16-3-4-21-17(2)22(6-5-20(16)21)24-15-32(10-9-30-24)14-18(12-28)13-31-19-7-8-29-23(11-19)25(26)27/h5-8,11-13,24-25,28,30H,1,3-4,9-10,14-15H2,2H3,(H,29,31)/b18-13+,28-12?/t24-/m0/s1. The van der Waals surface area contributed by atoms with Gasteiger partial charge in [-0.2, -0.15) is 0 Å². The van der Waals surface area contributed by atoms with Gasteiger partial charge in [-0.1, -0.05) is 18.7 Å². The Bertz CT molecular complexity index is 1050. The summed E-state index contributed by atoms with van der Waals surface area (Å²) in [4.78, 5) is 6.00. The van der Waals surface area contributed by atoms with Crippen molar-refractivity contribution in [3.63, 3.8) is 0 Å². The van der Waals surface area contributed by atoms with E-state index in [0.717, 1.165) is 38.0 Å². The van der Waals surface area contributed by atoms with Gasteiger partial charge in [0.25, 0.3) is 6.43 Å². The Morgan fingerprint density at radius 3 is 3.00 bits per heavy atom. The van der Waals surface area contributed by atoms with Crippen molar-refractivity contribution in [1.82, 2.24) is 15.2 Å². The number of nitrogens with one attached hydrogen (secondary N) is 3. The number of nitrogens with zero attached hydrogens (tertiary/aromatic N) is 2. The highest BCUT2D eigenvalue weighted by Gasteiger charge is 2.25. The van der Waals surface area contributed by atoms with Gasteiger partial charge in [0.2, 0.25) is 0 Å². The van der Waals surface area contributed by atoms with E-state index in [1.165, 1.54) is 46.3 Å². The molecule has 0 radical (unpaired) electrons. The van der Waals surface area contributed by atoms with Gasteiger partial charge in [-0.15, -0.1) is 0 Å². The van der Waals surface area contributed by atoms with Gasteiger partial charge in [-0.05, 0) is 65.3 Å². The summed E-state index contributed by atoms with van der Waals surface area (Å²) in [6.07, 6.45) is 3.88. The number of aromatic nitrogens is 1. The molecule has 168 valence electrons. The number of pyridine rings is 1. The number of halogens is 2. The Hall–Kier alpha value is -2.90. The molecule has 0 saturated carbocycles. The molecule has 7 heteroatoms. The van der Waals surface area contributed by atoms with E-state index in [4.69, 9.17) is 5.41 Å². The molecule has 5 nitrogen and oxygen atoms in total. The van der Waals surface area contributed by atoms with Gasteiger partial charge < -0.3 is 16.0 Å². The summed E-state index contributed by atoms with van der Waals surface area (Å²) in [5.74, 6) is 0. The van der Waals surface area contributed by atoms with Crippen LogP contribution in [0, 0.1) is 12.3 Å². The van der Waals surface area contributed by atoms with Crippen molar-refractivity contribution in [3.05, 3.63) is 76.8 Å². The first-order valence-corrected chi connectivity index (χ1v) is 10.9. The molecule has 1 atom stereocenters. The molecule has 1 fully saturated rings. The Kier molecular flexibility index (Phi) is 6.77. The van der Waals surface area contributed by atoms with E-state index in [2.05, 4.69) is 46.2 Å². The lowest BCUT2D eigenvalue weighted by molar-refractivity contribution is 0.146. The topological polar surface area (TPSA) is 64.0 Å². The highest BCUT2D eigenvalue weighted by atomic mass is 19.3. The first-order chi connectivity index (χ1) is 15.5. The van der Waals surface area contributed by atoms with E-state index < -0.39 is 6.43 Å². The first kappa shape index (κ1) is 22.3. The maximum atomic E-state index is 12.9. The third-order valence-corrected chi connectivity index (χ3v) is 6.35. The molecule has 0 spiro atoms. The molecule has 0 amide bonds. The minimum absolute atomic E-state index is 0.233. The lowest BCUT2D eigenvalue weighted by Crippen LogP contribution is -2.46. The number of hydrogen-bond acceptors (Lipinski definition) is 5. The van der Waals surface area contributed by atoms with Crippen molar-refractivity contribution in [2.45, 2.75) is 32.2 Å². The monoisotopic (exact) mass is 437 g/mol. The highest BCUT2D eigenvalue weighted by molar-refractivity contribution is 5.77. The second-order valence-corrected chi connectivity index (χ2v) is 8.43. The summed E-state index contributed by atoms with van der Waals surface area (Å²) >= 11 is 0. The molecule has 1 aromatic heterocycles. The zero-order valence-corrected chi connectivity index (χ0v) is 18.3. The van der Waals surface area contributed by atoms with Crippen molar-refractivity contribution in [1.29, 1.82) is 5.41 Å². The number of anilines is 1.